The Labute approximate surface area is 187 Å². The highest BCUT2D eigenvalue weighted by Gasteiger charge is 2.06. The molecule has 0 bridgehead atoms. The second-order valence-corrected chi connectivity index (χ2v) is 7.51. The Hall–Kier alpha value is -3.60. The number of nitrogens with two attached hydrogens (primary N) is 2. The second-order valence-electron chi connectivity index (χ2n) is 6.70. The molecule has 4 rings (SSSR count). The molecule has 0 unspecified atom stereocenters. The lowest BCUT2D eigenvalue weighted by Crippen LogP contribution is -2.23. The van der Waals surface area contributed by atoms with E-state index < -0.39 is 0 Å². The van der Waals surface area contributed by atoms with Gasteiger partial charge in [0.25, 0.3) is 11.1 Å². The molecule has 4 aromatic rings. The average molecular weight is 489 g/mol. The van der Waals surface area contributed by atoms with Crippen molar-refractivity contribution in [3.8, 4) is 5.82 Å². The van der Waals surface area contributed by atoms with Crippen LogP contribution in [0.4, 0.5) is 11.4 Å². The van der Waals surface area contributed by atoms with Crippen molar-refractivity contribution in [2.24, 2.45) is 14.1 Å². The number of H-pyrrole nitrogens is 1. The van der Waals surface area contributed by atoms with Crippen LogP contribution in [0.3, 0.4) is 0 Å². The van der Waals surface area contributed by atoms with Crippen LogP contribution in [0.5, 0.6) is 0 Å². The van der Waals surface area contributed by atoms with E-state index in [0.29, 0.717) is 5.82 Å². The molecule has 0 radical (unpaired) electrons. The van der Waals surface area contributed by atoms with Gasteiger partial charge in [0.05, 0.1) is 23.8 Å². The van der Waals surface area contributed by atoms with Gasteiger partial charge in [0.1, 0.15) is 10.4 Å². The first-order chi connectivity index (χ1) is 14.6. The summed E-state index contributed by atoms with van der Waals surface area (Å²) in [6.45, 7) is 3.76. The van der Waals surface area contributed by atoms with Gasteiger partial charge in [-0.2, -0.15) is 10.2 Å². The summed E-state index contributed by atoms with van der Waals surface area (Å²) >= 11 is 3.27. The highest BCUT2D eigenvalue weighted by atomic mass is 79.9. The Morgan fingerprint density at radius 1 is 0.935 bits per heavy atom. The SMILES string of the molecule is Cc1c[nH]c(=O)c(N)c1.Cc1cc(N)c(=O)n(-c2ccnn2C)c1.Cn1nccc1Br. The lowest BCUT2D eigenvalue weighted by Gasteiger charge is -2.07. The van der Waals surface area contributed by atoms with Crippen molar-refractivity contribution in [3.63, 3.8) is 0 Å². The predicted octanol–water partition coefficient (Wildman–Crippen LogP) is 1.91. The van der Waals surface area contributed by atoms with Crippen molar-refractivity contribution >= 4 is 27.3 Å². The van der Waals surface area contributed by atoms with Gasteiger partial charge in [0.2, 0.25) is 0 Å². The fraction of sp³-hybridized carbons (Fsp3) is 0.200. The summed E-state index contributed by atoms with van der Waals surface area (Å²) in [7, 11) is 3.66. The van der Waals surface area contributed by atoms with Crippen molar-refractivity contribution in [1.29, 1.82) is 0 Å². The van der Waals surface area contributed by atoms with Gasteiger partial charge >= 0.3 is 0 Å². The molecule has 0 aliphatic carbocycles. The van der Waals surface area contributed by atoms with Gasteiger partial charge in [-0.3, -0.25) is 23.5 Å². The molecule has 0 aliphatic rings. The molecular formula is C20H25BrN8O2. The third-order valence-corrected chi connectivity index (χ3v) is 4.84. The number of nitrogen functional groups attached to an aromatic ring is 2. The predicted molar refractivity (Wildman–Crippen MR) is 125 cm³/mol. The molecule has 0 amide bonds. The van der Waals surface area contributed by atoms with E-state index in [1.54, 1.807) is 59.4 Å². The van der Waals surface area contributed by atoms with E-state index in [4.69, 9.17) is 11.5 Å². The Morgan fingerprint density at radius 3 is 2.00 bits per heavy atom. The van der Waals surface area contributed by atoms with Crippen molar-refractivity contribution in [1.82, 2.24) is 29.1 Å². The number of aromatic nitrogens is 6. The number of anilines is 2. The van der Waals surface area contributed by atoms with Gasteiger partial charge in [0.15, 0.2) is 0 Å². The zero-order valence-corrected chi connectivity index (χ0v) is 19.3. The molecule has 10 nitrogen and oxygen atoms in total. The maximum atomic E-state index is 11.8. The van der Waals surface area contributed by atoms with E-state index in [0.717, 1.165) is 15.7 Å². The van der Waals surface area contributed by atoms with Gasteiger partial charge in [-0.25, -0.2) is 0 Å². The van der Waals surface area contributed by atoms with E-state index in [9.17, 15) is 9.59 Å². The zero-order valence-electron chi connectivity index (χ0n) is 17.7. The molecule has 0 fully saturated rings. The Morgan fingerprint density at radius 2 is 1.55 bits per heavy atom. The topological polar surface area (TPSA) is 143 Å². The minimum Gasteiger partial charge on any atom is -0.394 e. The number of nitrogens with one attached hydrogen (secondary N) is 1. The summed E-state index contributed by atoms with van der Waals surface area (Å²) in [6.07, 6.45) is 6.75. The van der Waals surface area contributed by atoms with Crippen LogP contribution in [0.15, 0.2) is 63.2 Å². The largest absolute Gasteiger partial charge is 0.394 e. The van der Waals surface area contributed by atoms with Crippen LogP contribution < -0.4 is 22.6 Å². The minimum absolute atomic E-state index is 0.218. The van der Waals surface area contributed by atoms with E-state index in [1.165, 1.54) is 4.57 Å². The number of aromatic amines is 1. The fourth-order valence-corrected chi connectivity index (χ4v) is 2.70. The molecule has 0 aromatic carbocycles. The Balaban J connectivity index is 0.000000181. The minimum atomic E-state index is -0.222. The monoisotopic (exact) mass is 488 g/mol. The van der Waals surface area contributed by atoms with Crippen LogP contribution in [0.1, 0.15) is 11.1 Å². The molecule has 0 saturated carbocycles. The van der Waals surface area contributed by atoms with Crippen LogP contribution in [0, 0.1) is 13.8 Å². The lowest BCUT2D eigenvalue weighted by molar-refractivity contribution is 0.721. The van der Waals surface area contributed by atoms with Gasteiger partial charge < -0.3 is 16.5 Å². The molecule has 4 aromatic heterocycles. The number of hydrogen-bond acceptors (Lipinski definition) is 6. The molecule has 0 saturated heterocycles. The Bertz CT molecular complexity index is 1250. The average Bonchev–Trinajstić information content (AvgIpc) is 3.30. The molecule has 31 heavy (non-hydrogen) atoms. The normalized spacial score (nSPS) is 9.97. The maximum Gasteiger partial charge on any atom is 0.279 e. The van der Waals surface area contributed by atoms with Crippen LogP contribution in [0.2, 0.25) is 0 Å². The van der Waals surface area contributed by atoms with Gasteiger partial charge in [-0.1, -0.05) is 0 Å². The molecule has 5 N–H and O–H groups in total. The Kier molecular flexibility index (Phi) is 7.97. The standard InChI is InChI=1S/C10H12N4O.C6H8N2O.C4H5BrN2/c1-7-5-8(11)10(15)14(6-7)9-3-4-12-13(9)2;1-4-2-5(7)6(9)8-3-4;1-7-4(5)2-3-6-7/h3-6H,11H2,1-2H3;2-3H,7H2,1H3,(H,8,9);2-3H,1H3. The van der Waals surface area contributed by atoms with Gasteiger partial charge in [0, 0.05) is 32.6 Å². The molecular weight excluding hydrogens is 464 g/mol. The first kappa shape index (κ1) is 23.7. The molecule has 164 valence electrons. The molecule has 11 heteroatoms. The summed E-state index contributed by atoms with van der Waals surface area (Å²) in [5.74, 6) is 0.704. The number of nitrogens with zero attached hydrogens (tertiary/aromatic N) is 5. The van der Waals surface area contributed by atoms with Crippen molar-refractivity contribution in [2.45, 2.75) is 13.8 Å². The quantitative estimate of drug-likeness (QED) is 0.373. The first-order valence-electron chi connectivity index (χ1n) is 9.15. The van der Waals surface area contributed by atoms with Gasteiger partial charge in [-0.15, -0.1) is 0 Å². The number of halogens is 1. The van der Waals surface area contributed by atoms with E-state index in [-0.39, 0.29) is 22.5 Å². The molecule has 0 aliphatic heterocycles. The number of aryl methyl sites for hydroxylation is 4. The second kappa shape index (κ2) is 10.4. The summed E-state index contributed by atoms with van der Waals surface area (Å²) in [4.78, 5) is 24.8. The summed E-state index contributed by atoms with van der Waals surface area (Å²) in [5.41, 5.74) is 12.9. The third-order valence-electron chi connectivity index (χ3n) is 4.06. The zero-order chi connectivity index (χ0) is 23.1. The maximum absolute atomic E-state index is 11.8. The van der Waals surface area contributed by atoms with Crippen molar-refractivity contribution < 1.29 is 0 Å². The molecule has 0 spiro atoms. The van der Waals surface area contributed by atoms with Crippen LogP contribution >= 0.6 is 15.9 Å². The van der Waals surface area contributed by atoms with Crippen LogP contribution in [-0.2, 0) is 14.1 Å². The van der Waals surface area contributed by atoms with E-state index in [1.807, 2.05) is 27.0 Å². The third kappa shape index (κ3) is 6.44. The number of hydrogen-bond donors (Lipinski definition) is 3. The molecule has 0 atom stereocenters. The smallest absolute Gasteiger partial charge is 0.279 e. The lowest BCUT2D eigenvalue weighted by atomic mass is 10.3. The summed E-state index contributed by atoms with van der Waals surface area (Å²) < 4.78 is 5.88. The van der Waals surface area contributed by atoms with E-state index in [2.05, 4.69) is 31.1 Å². The first-order valence-corrected chi connectivity index (χ1v) is 9.95. The summed E-state index contributed by atoms with van der Waals surface area (Å²) in [6, 6.07) is 6.95. The summed E-state index contributed by atoms with van der Waals surface area (Å²) in [5, 5.41) is 7.90. The molecule has 4 heterocycles. The number of pyridine rings is 2. The highest BCUT2D eigenvalue weighted by Crippen LogP contribution is 2.07. The van der Waals surface area contributed by atoms with E-state index >= 15 is 0 Å². The van der Waals surface area contributed by atoms with Crippen molar-refractivity contribution in [2.75, 3.05) is 11.5 Å². The fourth-order valence-electron chi connectivity index (χ4n) is 2.49. The van der Waals surface area contributed by atoms with Gasteiger partial charge in [-0.05, 0) is 59.1 Å². The number of rotatable bonds is 1. The van der Waals surface area contributed by atoms with Crippen LogP contribution in [0.25, 0.3) is 5.82 Å². The van der Waals surface area contributed by atoms with Crippen LogP contribution in [-0.4, -0.2) is 29.1 Å². The highest BCUT2D eigenvalue weighted by molar-refractivity contribution is 9.10. The van der Waals surface area contributed by atoms with Crippen molar-refractivity contribution in [3.05, 3.63) is 85.5 Å².